The number of hydrogen-bond acceptors (Lipinski definition) is 7. The Balaban J connectivity index is 1.43. The number of aromatic amines is 1. The largest absolute Gasteiger partial charge is 0.452 e. The number of carbonyl (C=O) groups excluding carboxylic acids is 2. The molecule has 2 aromatic carbocycles. The normalized spacial score (nSPS) is 14.5. The first kappa shape index (κ1) is 26.9. The van der Waals surface area contributed by atoms with Crippen molar-refractivity contribution < 1.29 is 14.3 Å². The quantitative estimate of drug-likeness (QED) is 0.343. The predicted molar refractivity (Wildman–Crippen MR) is 153 cm³/mol. The van der Waals surface area contributed by atoms with Crippen LogP contribution in [-0.4, -0.2) is 39.6 Å². The van der Waals surface area contributed by atoms with Crippen molar-refractivity contribution in [2.45, 2.75) is 39.7 Å². The number of aryl methyl sites for hydroxylation is 1. The molecule has 0 saturated carbocycles. The molecule has 1 aliphatic carbocycles. The summed E-state index contributed by atoms with van der Waals surface area (Å²) in [6, 6.07) is 16.5. The topological polar surface area (TPSA) is 140 Å². The number of amides is 1. The number of ether oxygens (including phenoxy) is 1. The number of nitrogen functional groups attached to an aromatic ring is 1. The minimum Gasteiger partial charge on any atom is -0.452 e. The Morgan fingerprint density at radius 3 is 2.60 bits per heavy atom. The number of H-pyrrole nitrogens is 1. The molecule has 1 aliphatic rings. The van der Waals surface area contributed by atoms with E-state index >= 15 is 0 Å². The van der Waals surface area contributed by atoms with Crippen LogP contribution in [0.5, 0.6) is 0 Å². The molecule has 5 rings (SSSR count). The van der Waals surface area contributed by atoms with Gasteiger partial charge in [-0.2, -0.15) is 0 Å². The molecule has 40 heavy (non-hydrogen) atoms. The van der Waals surface area contributed by atoms with Crippen molar-refractivity contribution in [3.63, 3.8) is 0 Å². The highest BCUT2D eigenvalue weighted by atomic mass is 16.5. The first-order valence-electron chi connectivity index (χ1n) is 13.3. The average molecular weight is 542 g/mol. The zero-order valence-electron chi connectivity index (χ0n) is 22.5. The van der Waals surface area contributed by atoms with Gasteiger partial charge in [-0.3, -0.25) is 24.1 Å². The minimum atomic E-state index is -0.795. The van der Waals surface area contributed by atoms with Crippen LogP contribution in [0.4, 0.5) is 11.5 Å². The van der Waals surface area contributed by atoms with Gasteiger partial charge in [0.2, 0.25) is 0 Å². The molecule has 0 unspecified atom stereocenters. The predicted octanol–water partition coefficient (Wildman–Crippen LogP) is 3.05. The lowest BCUT2D eigenvalue weighted by atomic mass is 9.84. The lowest BCUT2D eigenvalue weighted by Crippen LogP contribution is -2.42. The second kappa shape index (κ2) is 11.2. The van der Waals surface area contributed by atoms with Gasteiger partial charge in [0.25, 0.3) is 11.5 Å². The molecule has 0 bridgehead atoms. The van der Waals surface area contributed by atoms with Crippen LogP contribution in [0.25, 0.3) is 10.9 Å². The van der Waals surface area contributed by atoms with E-state index in [2.05, 4.69) is 11.9 Å². The minimum absolute atomic E-state index is 0.0678. The Kier molecular flexibility index (Phi) is 7.50. The van der Waals surface area contributed by atoms with E-state index in [1.165, 1.54) is 4.57 Å². The summed E-state index contributed by atoms with van der Waals surface area (Å²) in [4.78, 5) is 60.3. The van der Waals surface area contributed by atoms with E-state index in [0.29, 0.717) is 28.8 Å². The monoisotopic (exact) mass is 541 g/mol. The van der Waals surface area contributed by atoms with Crippen LogP contribution in [0.15, 0.2) is 64.2 Å². The zero-order chi connectivity index (χ0) is 28.4. The summed E-state index contributed by atoms with van der Waals surface area (Å²) in [6.07, 6.45) is 2.45. The number of para-hydroxylation sites is 1. The van der Waals surface area contributed by atoms with Crippen LogP contribution >= 0.6 is 0 Å². The number of likely N-dealkylation sites (N-methyl/N-ethyl adjacent to an activating group) is 1. The fourth-order valence-electron chi connectivity index (χ4n) is 5.29. The van der Waals surface area contributed by atoms with Gasteiger partial charge < -0.3 is 15.4 Å². The van der Waals surface area contributed by atoms with E-state index in [-0.39, 0.29) is 24.6 Å². The van der Waals surface area contributed by atoms with Crippen LogP contribution in [0.1, 0.15) is 47.4 Å². The van der Waals surface area contributed by atoms with Crippen LogP contribution in [0.2, 0.25) is 0 Å². The van der Waals surface area contributed by atoms with E-state index in [0.717, 1.165) is 34.6 Å². The van der Waals surface area contributed by atoms with Crippen molar-refractivity contribution in [2.24, 2.45) is 5.92 Å². The Hall–Kier alpha value is -4.73. The second-order valence-electron chi connectivity index (χ2n) is 10.1. The number of carbonyl (C=O) groups is 2. The maximum Gasteiger partial charge on any atom is 0.339 e. The lowest BCUT2D eigenvalue weighted by molar-refractivity contribution is -0.121. The van der Waals surface area contributed by atoms with Crippen LogP contribution in [0.3, 0.4) is 0 Å². The number of nitrogens with zero attached hydrogens (tertiary/aromatic N) is 3. The number of anilines is 2. The third-order valence-electron chi connectivity index (χ3n) is 7.32. The summed E-state index contributed by atoms with van der Waals surface area (Å²) in [5.41, 5.74) is 8.29. The van der Waals surface area contributed by atoms with Gasteiger partial charge in [-0.05, 0) is 49.3 Å². The molecule has 2 heterocycles. The van der Waals surface area contributed by atoms with E-state index in [9.17, 15) is 19.2 Å². The van der Waals surface area contributed by atoms with Gasteiger partial charge in [0.15, 0.2) is 12.3 Å². The van der Waals surface area contributed by atoms with Crippen LogP contribution in [0, 0.1) is 5.92 Å². The van der Waals surface area contributed by atoms with E-state index in [1.807, 2.05) is 54.6 Å². The molecule has 1 atom stereocenters. The zero-order valence-corrected chi connectivity index (χ0v) is 22.5. The fourth-order valence-corrected chi connectivity index (χ4v) is 5.29. The van der Waals surface area contributed by atoms with Crippen LogP contribution < -0.4 is 21.9 Å². The molecule has 10 heteroatoms. The highest BCUT2D eigenvalue weighted by Gasteiger charge is 2.28. The molecule has 1 amide bonds. The van der Waals surface area contributed by atoms with Gasteiger partial charge in [-0.1, -0.05) is 55.5 Å². The summed E-state index contributed by atoms with van der Waals surface area (Å²) in [6.45, 7) is 3.37. The van der Waals surface area contributed by atoms with Gasteiger partial charge in [0.05, 0.1) is 17.6 Å². The van der Waals surface area contributed by atoms with E-state index in [1.54, 1.807) is 6.92 Å². The van der Waals surface area contributed by atoms with Gasteiger partial charge in [0.1, 0.15) is 5.82 Å². The molecule has 10 nitrogen and oxygen atoms in total. The van der Waals surface area contributed by atoms with Gasteiger partial charge in [0, 0.05) is 17.6 Å². The van der Waals surface area contributed by atoms with Crippen molar-refractivity contribution in [3.8, 4) is 0 Å². The SMILES string of the molecule is CCN(C(=O)COC(=O)c1c2c(nc3ccccc13)CC[C@@H](C)C2)c1c(N)n(Cc2ccccc2)c(=O)[nH]c1=O. The van der Waals surface area contributed by atoms with E-state index < -0.39 is 29.7 Å². The number of benzene rings is 2. The molecule has 0 aliphatic heterocycles. The molecule has 4 aromatic rings. The Morgan fingerprint density at radius 2 is 1.85 bits per heavy atom. The molecule has 206 valence electrons. The number of rotatable bonds is 7. The van der Waals surface area contributed by atoms with Crippen molar-refractivity contribution in [3.05, 3.63) is 97.8 Å². The van der Waals surface area contributed by atoms with Crippen molar-refractivity contribution in [1.82, 2.24) is 14.5 Å². The maximum absolute atomic E-state index is 13.5. The summed E-state index contributed by atoms with van der Waals surface area (Å²) >= 11 is 0. The molecule has 2 aromatic heterocycles. The number of nitrogens with one attached hydrogen (secondary N) is 1. The smallest absolute Gasteiger partial charge is 0.339 e. The molecule has 0 radical (unpaired) electrons. The van der Waals surface area contributed by atoms with E-state index in [4.69, 9.17) is 15.5 Å². The molecule has 0 saturated heterocycles. The number of aromatic nitrogens is 3. The second-order valence-corrected chi connectivity index (χ2v) is 10.1. The highest BCUT2D eigenvalue weighted by molar-refractivity contribution is 6.06. The standard InChI is InChI=1S/C30H31N5O5/c1-3-34(26-27(31)35(30(39)33-28(26)37)16-19-9-5-4-6-10-19)24(36)17-40-29(38)25-20-11-7-8-12-22(20)32-23-14-13-18(2)15-21(23)25/h4-12,18H,3,13-17,31H2,1-2H3,(H,33,37,39)/t18-/m1/s1. The van der Waals surface area contributed by atoms with Crippen molar-refractivity contribution in [1.29, 1.82) is 0 Å². The number of nitrogens with two attached hydrogens (primary N) is 1. The first-order chi connectivity index (χ1) is 19.3. The van der Waals surface area contributed by atoms with Crippen LogP contribution in [-0.2, 0) is 28.9 Å². The van der Waals surface area contributed by atoms with Crippen molar-refractivity contribution >= 4 is 34.3 Å². The summed E-state index contributed by atoms with van der Waals surface area (Å²) in [5, 5.41) is 0.675. The number of pyridine rings is 1. The van der Waals surface area contributed by atoms with Gasteiger partial charge in [-0.25, -0.2) is 9.59 Å². The molecule has 0 fully saturated rings. The first-order valence-corrected chi connectivity index (χ1v) is 13.3. The molecule has 3 N–H and O–H groups in total. The lowest BCUT2D eigenvalue weighted by Gasteiger charge is -2.25. The molecule has 0 spiro atoms. The number of hydrogen-bond donors (Lipinski definition) is 2. The number of esters is 1. The number of fused-ring (bicyclic) bond motifs is 2. The van der Waals surface area contributed by atoms with Gasteiger partial charge in [-0.15, -0.1) is 0 Å². The van der Waals surface area contributed by atoms with Gasteiger partial charge >= 0.3 is 11.7 Å². The maximum atomic E-state index is 13.5. The molecular weight excluding hydrogens is 510 g/mol. The Bertz CT molecular complexity index is 1710. The third kappa shape index (κ3) is 5.12. The summed E-state index contributed by atoms with van der Waals surface area (Å²) in [7, 11) is 0. The summed E-state index contributed by atoms with van der Waals surface area (Å²) < 4.78 is 6.75. The highest BCUT2D eigenvalue weighted by Crippen LogP contribution is 2.32. The van der Waals surface area contributed by atoms with Crippen molar-refractivity contribution in [2.75, 3.05) is 23.8 Å². The average Bonchev–Trinajstić information content (AvgIpc) is 2.95. The Morgan fingerprint density at radius 1 is 1.12 bits per heavy atom. The third-order valence-corrected chi connectivity index (χ3v) is 7.32. The molecular formula is C30H31N5O5. The fraction of sp³-hybridized carbons (Fsp3) is 0.300. The summed E-state index contributed by atoms with van der Waals surface area (Å²) in [5.74, 6) is -1.02. The Labute approximate surface area is 230 Å².